The zero-order valence-electron chi connectivity index (χ0n) is 19.0. The van der Waals surface area contributed by atoms with Gasteiger partial charge in [-0.25, -0.2) is 9.79 Å². The van der Waals surface area contributed by atoms with Crippen LogP contribution in [0, 0.1) is 27.7 Å². The fraction of sp³-hybridized carbons (Fsp3) is 0.385. The van der Waals surface area contributed by atoms with Crippen LogP contribution in [-0.4, -0.2) is 23.4 Å². The van der Waals surface area contributed by atoms with Gasteiger partial charge in [0.05, 0.1) is 17.9 Å². The van der Waals surface area contributed by atoms with Crippen molar-refractivity contribution in [1.82, 2.24) is 4.57 Å². The molecule has 162 valence electrons. The normalized spacial score (nSPS) is 13.6. The van der Waals surface area contributed by atoms with Gasteiger partial charge in [-0.3, -0.25) is 0 Å². The number of benzene rings is 1. The summed E-state index contributed by atoms with van der Waals surface area (Å²) in [5, 5.41) is 0.780. The predicted octanol–water partition coefficient (Wildman–Crippen LogP) is 6.58. The lowest BCUT2D eigenvalue weighted by molar-refractivity contribution is 0.0526. The van der Waals surface area contributed by atoms with Gasteiger partial charge in [-0.05, 0) is 83.1 Å². The molecule has 1 aliphatic carbocycles. The predicted molar refractivity (Wildman–Crippen MR) is 129 cm³/mol. The Morgan fingerprint density at radius 1 is 1.16 bits per heavy atom. The van der Waals surface area contributed by atoms with E-state index in [0.717, 1.165) is 41.1 Å². The number of ether oxygens (including phenoxy) is 1. The van der Waals surface area contributed by atoms with Crippen LogP contribution in [0.1, 0.15) is 68.6 Å². The Morgan fingerprint density at radius 3 is 2.58 bits per heavy atom. The van der Waals surface area contributed by atoms with Gasteiger partial charge < -0.3 is 9.30 Å². The summed E-state index contributed by atoms with van der Waals surface area (Å²) >= 11 is 1.65. The van der Waals surface area contributed by atoms with Crippen molar-refractivity contribution in [2.45, 2.75) is 60.3 Å². The Kier molecular flexibility index (Phi) is 6.15. The van der Waals surface area contributed by atoms with Crippen LogP contribution in [0.15, 0.2) is 29.3 Å². The van der Waals surface area contributed by atoms with Gasteiger partial charge in [0, 0.05) is 28.0 Å². The molecule has 4 nitrogen and oxygen atoms in total. The molecule has 0 N–H and O–H groups in total. The number of fused-ring (bicyclic) bond motifs is 1. The molecule has 0 saturated carbocycles. The Balaban J connectivity index is 1.75. The molecule has 0 spiro atoms. The first-order valence-electron chi connectivity index (χ1n) is 11.0. The number of thiophene rings is 1. The molecule has 0 unspecified atom stereocenters. The van der Waals surface area contributed by atoms with Crippen LogP contribution in [-0.2, 0) is 17.6 Å². The molecule has 0 aliphatic heterocycles. The van der Waals surface area contributed by atoms with E-state index in [2.05, 4.69) is 56.5 Å². The molecule has 0 bridgehead atoms. The lowest BCUT2D eigenvalue weighted by Crippen LogP contribution is -2.09. The second-order valence-corrected chi connectivity index (χ2v) is 9.36. The van der Waals surface area contributed by atoms with Crippen molar-refractivity contribution in [3.05, 3.63) is 68.3 Å². The lowest BCUT2D eigenvalue weighted by Gasteiger charge is -2.15. The molecular weight excluding hydrogens is 404 g/mol. The zero-order chi connectivity index (χ0) is 22.1. The summed E-state index contributed by atoms with van der Waals surface area (Å²) in [6.07, 6.45) is 6.18. The minimum atomic E-state index is -0.241. The van der Waals surface area contributed by atoms with E-state index in [1.165, 1.54) is 33.8 Å². The van der Waals surface area contributed by atoms with E-state index in [1.807, 2.05) is 13.1 Å². The molecule has 0 amide bonds. The van der Waals surface area contributed by atoms with Gasteiger partial charge >= 0.3 is 5.97 Å². The molecule has 0 atom stereocenters. The van der Waals surface area contributed by atoms with Gasteiger partial charge in [0.15, 0.2) is 0 Å². The third-order valence-electron chi connectivity index (χ3n) is 6.09. The summed E-state index contributed by atoms with van der Waals surface area (Å²) in [6, 6.07) is 8.57. The molecule has 5 heteroatoms. The quantitative estimate of drug-likeness (QED) is 0.336. The zero-order valence-corrected chi connectivity index (χ0v) is 19.9. The average molecular weight is 435 g/mol. The number of carbonyl (C=O) groups is 1. The second kappa shape index (κ2) is 8.83. The van der Waals surface area contributed by atoms with E-state index in [-0.39, 0.29) is 5.97 Å². The van der Waals surface area contributed by atoms with Crippen LogP contribution in [0.25, 0.3) is 5.69 Å². The number of hydrogen-bond acceptors (Lipinski definition) is 4. The number of para-hydroxylation sites is 1. The maximum Gasteiger partial charge on any atom is 0.341 e. The van der Waals surface area contributed by atoms with Crippen LogP contribution in [0.5, 0.6) is 0 Å². The van der Waals surface area contributed by atoms with Crippen molar-refractivity contribution >= 4 is 28.5 Å². The summed E-state index contributed by atoms with van der Waals surface area (Å²) < 4.78 is 7.67. The maximum absolute atomic E-state index is 12.7. The Morgan fingerprint density at radius 2 is 1.87 bits per heavy atom. The fourth-order valence-electron chi connectivity index (χ4n) is 4.61. The first-order valence-corrected chi connectivity index (χ1v) is 11.8. The van der Waals surface area contributed by atoms with Crippen molar-refractivity contribution in [2.24, 2.45) is 4.99 Å². The van der Waals surface area contributed by atoms with Crippen molar-refractivity contribution in [1.29, 1.82) is 0 Å². The summed E-state index contributed by atoms with van der Waals surface area (Å²) in [6.45, 7) is 10.8. The number of hydrogen-bond donors (Lipinski definition) is 0. The maximum atomic E-state index is 12.7. The molecule has 0 saturated heterocycles. The Bertz CT molecular complexity index is 1150. The highest BCUT2D eigenvalue weighted by atomic mass is 32.1. The summed E-state index contributed by atoms with van der Waals surface area (Å²) in [5.41, 5.74) is 8.97. The van der Waals surface area contributed by atoms with Gasteiger partial charge in [0.2, 0.25) is 0 Å². The van der Waals surface area contributed by atoms with E-state index >= 15 is 0 Å². The molecule has 0 fully saturated rings. The van der Waals surface area contributed by atoms with Crippen LogP contribution >= 0.6 is 11.3 Å². The van der Waals surface area contributed by atoms with E-state index in [9.17, 15) is 4.79 Å². The van der Waals surface area contributed by atoms with E-state index < -0.39 is 0 Å². The highest BCUT2D eigenvalue weighted by Gasteiger charge is 2.26. The highest BCUT2D eigenvalue weighted by Crippen LogP contribution is 2.40. The summed E-state index contributed by atoms with van der Waals surface area (Å²) in [5.74, 6) is -0.241. The van der Waals surface area contributed by atoms with Crippen LogP contribution < -0.4 is 0 Å². The van der Waals surface area contributed by atoms with Crippen molar-refractivity contribution in [3.8, 4) is 5.69 Å². The van der Waals surface area contributed by atoms with E-state index in [0.29, 0.717) is 12.2 Å². The third kappa shape index (κ3) is 3.99. The van der Waals surface area contributed by atoms with Crippen LogP contribution in [0.3, 0.4) is 0 Å². The molecule has 2 aromatic heterocycles. The monoisotopic (exact) mass is 434 g/mol. The summed E-state index contributed by atoms with van der Waals surface area (Å²) in [4.78, 5) is 18.8. The minimum absolute atomic E-state index is 0.241. The highest BCUT2D eigenvalue weighted by molar-refractivity contribution is 7.16. The molecule has 1 aliphatic rings. The molecule has 2 heterocycles. The first-order chi connectivity index (χ1) is 14.9. The number of aryl methyl sites for hydroxylation is 4. The number of carbonyl (C=O) groups excluding carboxylic acids is 1. The van der Waals surface area contributed by atoms with Crippen molar-refractivity contribution in [3.63, 3.8) is 0 Å². The Labute approximate surface area is 188 Å². The van der Waals surface area contributed by atoms with Crippen LogP contribution in [0.2, 0.25) is 0 Å². The number of esters is 1. The van der Waals surface area contributed by atoms with Gasteiger partial charge in [-0.15, -0.1) is 11.3 Å². The van der Waals surface area contributed by atoms with Gasteiger partial charge in [-0.1, -0.05) is 18.2 Å². The fourth-order valence-corrected chi connectivity index (χ4v) is 5.83. The standard InChI is InChI=1S/C26H30N2O2S/c1-6-30-26(29)23-21-12-7-8-13-22(21)31-25(23)27-15-20-14-18(4)28(19(20)5)24-16(2)10-9-11-17(24)3/h9-11,14-15H,6-8,12-13H2,1-5H3. The lowest BCUT2D eigenvalue weighted by atomic mass is 9.95. The molecule has 0 radical (unpaired) electrons. The number of aliphatic imine (C=N–C) groups is 1. The number of nitrogens with zero attached hydrogens (tertiary/aromatic N) is 2. The second-order valence-electron chi connectivity index (χ2n) is 8.27. The topological polar surface area (TPSA) is 43.6 Å². The van der Waals surface area contributed by atoms with Crippen molar-refractivity contribution < 1.29 is 9.53 Å². The molecule has 4 rings (SSSR count). The van der Waals surface area contributed by atoms with Crippen LogP contribution in [0.4, 0.5) is 5.00 Å². The van der Waals surface area contributed by atoms with Crippen molar-refractivity contribution in [2.75, 3.05) is 6.61 Å². The smallest absolute Gasteiger partial charge is 0.341 e. The Hall–Kier alpha value is -2.66. The first kappa shape index (κ1) is 21.6. The molecule has 31 heavy (non-hydrogen) atoms. The molecule has 1 aromatic carbocycles. The van der Waals surface area contributed by atoms with Gasteiger partial charge in [0.1, 0.15) is 5.00 Å². The van der Waals surface area contributed by atoms with E-state index in [1.54, 1.807) is 11.3 Å². The summed E-state index contributed by atoms with van der Waals surface area (Å²) in [7, 11) is 0. The van der Waals surface area contributed by atoms with Gasteiger partial charge in [0.25, 0.3) is 0 Å². The molecule has 3 aromatic rings. The SMILES string of the molecule is CCOC(=O)c1c(N=Cc2cc(C)n(-c3c(C)cccc3C)c2C)sc2c1CCCC2. The molecular formula is C26H30N2O2S. The largest absolute Gasteiger partial charge is 0.462 e. The number of rotatable bonds is 5. The minimum Gasteiger partial charge on any atom is -0.462 e. The third-order valence-corrected chi connectivity index (χ3v) is 7.29. The average Bonchev–Trinajstić information content (AvgIpc) is 3.24. The van der Waals surface area contributed by atoms with E-state index in [4.69, 9.17) is 9.73 Å². The van der Waals surface area contributed by atoms with Gasteiger partial charge in [-0.2, -0.15) is 0 Å². The number of aromatic nitrogens is 1.